The molecule has 0 spiro atoms. The summed E-state index contributed by atoms with van der Waals surface area (Å²) in [6, 6.07) is 23.7. The van der Waals surface area contributed by atoms with Gasteiger partial charge in [-0.25, -0.2) is 9.59 Å². The number of hydrogen-bond donors (Lipinski definition) is 3. The Kier molecular flexibility index (Phi) is 10.2. The Bertz CT molecular complexity index is 1270. The van der Waals surface area contributed by atoms with Gasteiger partial charge in [-0.05, 0) is 53.3 Å². The van der Waals surface area contributed by atoms with Crippen molar-refractivity contribution >= 4 is 29.7 Å². The number of carboxylic acids is 1. The molecule has 3 N–H and O–H groups in total. The maximum atomic E-state index is 13.2. The van der Waals surface area contributed by atoms with Gasteiger partial charge in [0.25, 0.3) is 0 Å². The lowest BCUT2D eigenvalue weighted by Crippen LogP contribution is -2.54. The molecule has 40 heavy (non-hydrogen) atoms. The number of hydrogen-bond acceptors (Lipinski definition) is 6. The minimum atomic E-state index is -1.14. The van der Waals surface area contributed by atoms with E-state index in [1.54, 1.807) is 7.05 Å². The summed E-state index contributed by atoms with van der Waals surface area (Å²) in [6.07, 6.45) is 1.53. The van der Waals surface area contributed by atoms with E-state index in [0.29, 0.717) is 18.7 Å². The van der Waals surface area contributed by atoms with E-state index in [1.165, 1.54) is 11.8 Å². The van der Waals surface area contributed by atoms with E-state index in [9.17, 15) is 19.5 Å². The van der Waals surface area contributed by atoms with Crippen LogP contribution in [0.3, 0.4) is 0 Å². The molecule has 4 rings (SSSR count). The molecule has 1 aliphatic carbocycles. The smallest absolute Gasteiger partial charge is 0.407 e. The number of aliphatic carboxylic acids is 1. The lowest BCUT2D eigenvalue weighted by atomic mass is 9.98. The summed E-state index contributed by atoms with van der Waals surface area (Å²) < 4.78 is 5.62. The van der Waals surface area contributed by atoms with Crippen molar-refractivity contribution in [2.24, 2.45) is 0 Å². The number of amides is 2. The lowest BCUT2D eigenvalue weighted by Gasteiger charge is -2.25. The predicted molar refractivity (Wildman–Crippen MR) is 157 cm³/mol. The van der Waals surface area contributed by atoms with E-state index in [1.807, 2.05) is 77.9 Å². The summed E-state index contributed by atoms with van der Waals surface area (Å²) in [7, 11) is 1.80. The van der Waals surface area contributed by atoms with Crippen LogP contribution in [-0.2, 0) is 20.9 Å². The highest BCUT2D eigenvalue weighted by Gasteiger charge is 2.31. The van der Waals surface area contributed by atoms with Crippen molar-refractivity contribution < 1.29 is 24.2 Å². The Morgan fingerprint density at radius 1 is 0.900 bits per heavy atom. The largest absolute Gasteiger partial charge is 0.480 e. The number of ether oxygens (including phenoxy) is 1. The van der Waals surface area contributed by atoms with Gasteiger partial charge in [0.1, 0.15) is 18.7 Å². The number of carbonyl (C=O) groups excluding carboxylic acids is 2. The molecule has 0 saturated heterocycles. The molecule has 0 heterocycles. The van der Waals surface area contributed by atoms with Gasteiger partial charge in [0.05, 0.1) is 0 Å². The number of likely N-dealkylation sites (N-methyl/N-ethyl adjacent to an activating group) is 1. The molecule has 1 aliphatic rings. The maximum Gasteiger partial charge on any atom is 0.407 e. The lowest BCUT2D eigenvalue weighted by molar-refractivity contribution is -0.142. The number of carboxylic acid groups (broad SMARTS) is 1. The number of nitrogens with zero attached hydrogens (tertiary/aromatic N) is 1. The Morgan fingerprint density at radius 3 is 2.10 bits per heavy atom. The van der Waals surface area contributed by atoms with Gasteiger partial charge in [-0.15, -0.1) is 0 Å². The predicted octanol–water partition coefficient (Wildman–Crippen LogP) is 4.35. The van der Waals surface area contributed by atoms with Crippen LogP contribution in [-0.4, -0.2) is 72.3 Å². The highest BCUT2D eigenvalue weighted by molar-refractivity contribution is 7.98. The van der Waals surface area contributed by atoms with Crippen molar-refractivity contribution in [2.45, 2.75) is 31.0 Å². The van der Waals surface area contributed by atoms with Crippen LogP contribution >= 0.6 is 11.8 Å². The molecule has 3 aromatic rings. The van der Waals surface area contributed by atoms with Gasteiger partial charge in [-0.2, -0.15) is 11.8 Å². The Morgan fingerprint density at radius 2 is 1.50 bits per heavy atom. The first-order valence-electron chi connectivity index (χ1n) is 13.2. The quantitative estimate of drug-likeness (QED) is 0.285. The van der Waals surface area contributed by atoms with Gasteiger partial charge in [0.2, 0.25) is 5.91 Å². The second-order valence-electron chi connectivity index (χ2n) is 9.89. The van der Waals surface area contributed by atoms with Gasteiger partial charge in [0, 0.05) is 19.0 Å². The van der Waals surface area contributed by atoms with Crippen LogP contribution < -0.4 is 10.6 Å². The molecule has 2 atom stereocenters. The minimum Gasteiger partial charge on any atom is -0.480 e. The van der Waals surface area contributed by atoms with E-state index in [0.717, 1.165) is 27.8 Å². The van der Waals surface area contributed by atoms with Gasteiger partial charge >= 0.3 is 12.1 Å². The van der Waals surface area contributed by atoms with Gasteiger partial charge in [0.15, 0.2) is 0 Å². The van der Waals surface area contributed by atoms with Crippen molar-refractivity contribution in [1.29, 1.82) is 0 Å². The average Bonchev–Trinajstić information content (AvgIpc) is 3.27. The van der Waals surface area contributed by atoms with Crippen LogP contribution in [0.15, 0.2) is 78.9 Å². The molecule has 0 aromatic heterocycles. The summed E-state index contributed by atoms with van der Waals surface area (Å²) in [5.41, 5.74) is 5.48. The summed E-state index contributed by atoms with van der Waals surface area (Å²) in [5.74, 6) is -1.19. The highest BCUT2D eigenvalue weighted by atomic mass is 32.2. The molecule has 9 heteroatoms. The Balaban J connectivity index is 1.36. The molecule has 0 saturated carbocycles. The molecule has 0 bridgehead atoms. The second-order valence-corrected chi connectivity index (χ2v) is 10.9. The van der Waals surface area contributed by atoms with Gasteiger partial charge in [-0.1, -0.05) is 78.9 Å². The molecule has 0 aliphatic heterocycles. The van der Waals surface area contributed by atoms with Gasteiger partial charge < -0.3 is 20.5 Å². The molecular formula is C31H35N3O5S. The first kappa shape index (κ1) is 29.2. The number of fused-ring (bicyclic) bond motifs is 3. The SMILES string of the molecule is CSCC[C@H](NC(=O)OCC1c2ccccc2-c2ccccc21)C(=O)NC(CN(C)Cc1ccccc1)C(=O)O. The zero-order chi connectivity index (χ0) is 28.5. The number of nitrogens with one attached hydrogen (secondary N) is 2. The summed E-state index contributed by atoms with van der Waals surface area (Å²) >= 11 is 1.53. The van der Waals surface area contributed by atoms with Crippen LogP contribution in [0.25, 0.3) is 11.1 Å². The van der Waals surface area contributed by atoms with Crippen LogP contribution in [0.5, 0.6) is 0 Å². The Labute approximate surface area is 239 Å². The summed E-state index contributed by atoms with van der Waals surface area (Å²) in [5, 5.41) is 15.1. The fourth-order valence-corrected chi connectivity index (χ4v) is 5.49. The summed E-state index contributed by atoms with van der Waals surface area (Å²) in [4.78, 5) is 39.8. The number of thioether (sulfide) groups is 1. The number of alkyl carbamates (subject to hydrolysis) is 1. The average molecular weight is 562 g/mol. The van der Waals surface area contributed by atoms with Crippen LogP contribution in [0.4, 0.5) is 4.79 Å². The van der Waals surface area contributed by atoms with Gasteiger partial charge in [-0.3, -0.25) is 9.69 Å². The molecule has 8 nitrogen and oxygen atoms in total. The topological polar surface area (TPSA) is 108 Å². The minimum absolute atomic E-state index is 0.104. The standard InChI is InChI=1S/C31H35N3O5S/c1-34(18-21-10-4-3-5-11-21)19-28(30(36)37)32-29(35)27(16-17-40-2)33-31(38)39-20-26-24-14-8-6-12-22(24)23-13-7-9-15-25(23)26/h3-15,26-28H,16-20H2,1-2H3,(H,32,35)(H,33,38)(H,36,37)/t27-,28?/m0/s1. The van der Waals surface area contributed by atoms with Crippen LogP contribution in [0.1, 0.15) is 29.0 Å². The second kappa shape index (κ2) is 14.0. The van der Waals surface area contributed by atoms with Crippen molar-refractivity contribution in [2.75, 3.05) is 32.2 Å². The summed E-state index contributed by atoms with van der Waals surface area (Å²) in [6.45, 7) is 0.767. The van der Waals surface area contributed by atoms with Crippen molar-refractivity contribution in [3.63, 3.8) is 0 Å². The van der Waals surface area contributed by atoms with E-state index in [2.05, 4.69) is 22.8 Å². The normalized spacial score (nSPS) is 13.7. The number of benzene rings is 3. The van der Waals surface area contributed by atoms with Crippen molar-refractivity contribution in [1.82, 2.24) is 15.5 Å². The molecule has 1 unspecified atom stereocenters. The van der Waals surface area contributed by atoms with E-state index in [-0.39, 0.29) is 19.1 Å². The zero-order valence-electron chi connectivity index (χ0n) is 22.7. The molecule has 0 fully saturated rings. The molecule has 210 valence electrons. The first-order valence-corrected chi connectivity index (χ1v) is 14.6. The third-order valence-corrected chi connectivity index (χ3v) is 7.61. The van der Waals surface area contributed by atoms with Crippen molar-refractivity contribution in [3.8, 4) is 11.1 Å². The molecule has 0 radical (unpaired) electrons. The molecule has 3 aromatic carbocycles. The highest BCUT2D eigenvalue weighted by Crippen LogP contribution is 2.44. The zero-order valence-corrected chi connectivity index (χ0v) is 23.5. The number of carbonyl (C=O) groups is 3. The van der Waals surface area contributed by atoms with E-state index in [4.69, 9.17) is 4.74 Å². The number of rotatable bonds is 13. The van der Waals surface area contributed by atoms with E-state index >= 15 is 0 Å². The monoisotopic (exact) mass is 561 g/mol. The first-order chi connectivity index (χ1) is 19.4. The van der Waals surface area contributed by atoms with Crippen molar-refractivity contribution in [3.05, 3.63) is 95.6 Å². The Hall–Kier alpha value is -3.82. The molecule has 2 amide bonds. The third kappa shape index (κ3) is 7.43. The fraction of sp³-hybridized carbons (Fsp3) is 0.323. The van der Waals surface area contributed by atoms with Crippen LogP contribution in [0, 0.1) is 0 Å². The third-order valence-electron chi connectivity index (χ3n) is 6.97. The fourth-order valence-electron chi connectivity index (χ4n) is 5.02. The maximum absolute atomic E-state index is 13.2. The van der Waals surface area contributed by atoms with Crippen LogP contribution in [0.2, 0.25) is 0 Å². The van der Waals surface area contributed by atoms with E-state index < -0.39 is 30.1 Å². The molecular weight excluding hydrogens is 526 g/mol.